The average molecular weight is 543 g/mol. The molecular weight excluding hydrogens is 516 g/mol. The Morgan fingerprint density at radius 1 is 1.15 bits per heavy atom. The molecule has 0 unspecified atom stereocenters. The highest BCUT2D eigenvalue weighted by Gasteiger charge is 2.16. The smallest absolute Gasteiger partial charge is 0.248 e. The van der Waals surface area contributed by atoms with Crippen LogP contribution in [0.2, 0.25) is 5.02 Å². The van der Waals surface area contributed by atoms with Gasteiger partial charge in [-0.1, -0.05) is 17.7 Å². The zero-order valence-electron chi connectivity index (χ0n) is 21.7. The zero-order chi connectivity index (χ0) is 27.8. The van der Waals surface area contributed by atoms with Crippen molar-refractivity contribution in [1.82, 2.24) is 14.9 Å². The van der Waals surface area contributed by atoms with E-state index >= 15 is 0 Å². The molecule has 0 radical (unpaired) electrons. The summed E-state index contributed by atoms with van der Waals surface area (Å²) in [7, 11) is 3.84. The molecule has 10 heteroatoms. The van der Waals surface area contributed by atoms with E-state index in [1.807, 2.05) is 25.9 Å². The van der Waals surface area contributed by atoms with E-state index in [2.05, 4.69) is 26.7 Å². The number of amides is 1. The number of likely N-dealkylation sites (N-methyl/N-ethyl adjacent to an activating group) is 1. The van der Waals surface area contributed by atoms with Gasteiger partial charge in [0, 0.05) is 48.4 Å². The third kappa shape index (κ3) is 7.02. The number of anilines is 3. The van der Waals surface area contributed by atoms with Gasteiger partial charge < -0.3 is 25.0 Å². The van der Waals surface area contributed by atoms with Gasteiger partial charge in [-0.05, 0) is 57.4 Å². The Labute approximate surface area is 231 Å². The predicted octanol–water partition coefficient (Wildman–Crippen LogP) is 6.15. The predicted molar refractivity (Wildman–Crippen MR) is 153 cm³/mol. The highest BCUT2D eigenvalue weighted by molar-refractivity contribution is 6.32. The molecule has 0 atom stereocenters. The second-order valence-corrected chi connectivity index (χ2v) is 9.07. The molecule has 0 bridgehead atoms. The summed E-state index contributed by atoms with van der Waals surface area (Å²) in [5.41, 5.74) is 2.52. The van der Waals surface area contributed by atoms with E-state index in [4.69, 9.17) is 21.1 Å². The van der Waals surface area contributed by atoms with Crippen LogP contribution in [0.4, 0.5) is 17.1 Å². The fraction of sp³-hybridized carbons (Fsp3) is 0.172. The number of halogens is 1. The molecule has 2 heterocycles. The molecule has 0 fully saturated rings. The Morgan fingerprint density at radius 3 is 2.64 bits per heavy atom. The van der Waals surface area contributed by atoms with Crippen LogP contribution in [0.1, 0.15) is 12.5 Å². The molecule has 0 saturated carbocycles. The summed E-state index contributed by atoms with van der Waals surface area (Å²) in [5, 5.41) is 17.0. The fourth-order valence-electron chi connectivity index (χ4n) is 3.70. The Kier molecular flexibility index (Phi) is 8.94. The fourth-order valence-corrected chi connectivity index (χ4v) is 3.91. The molecule has 2 aromatic carbocycles. The van der Waals surface area contributed by atoms with Gasteiger partial charge in [-0.25, -0.2) is 0 Å². The van der Waals surface area contributed by atoms with Gasteiger partial charge >= 0.3 is 0 Å². The first kappa shape index (κ1) is 27.4. The molecule has 4 rings (SSSR count). The number of aromatic nitrogens is 2. The first-order valence-corrected chi connectivity index (χ1v) is 12.5. The summed E-state index contributed by atoms with van der Waals surface area (Å²) in [4.78, 5) is 23.0. The molecule has 0 aliphatic rings. The van der Waals surface area contributed by atoms with Crippen molar-refractivity contribution in [1.29, 1.82) is 5.26 Å². The number of pyridine rings is 2. The van der Waals surface area contributed by atoms with Crippen molar-refractivity contribution in [2.75, 3.05) is 37.9 Å². The van der Waals surface area contributed by atoms with Gasteiger partial charge in [0.15, 0.2) is 0 Å². The van der Waals surface area contributed by atoms with Crippen LogP contribution in [-0.4, -0.2) is 48.0 Å². The van der Waals surface area contributed by atoms with Gasteiger partial charge in [-0.15, -0.1) is 0 Å². The van der Waals surface area contributed by atoms with E-state index in [-0.39, 0.29) is 5.91 Å². The third-order valence-electron chi connectivity index (χ3n) is 5.47. The summed E-state index contributed by atoms with van der Waals surface area (Å²) in [5.74, 6) is 1.26. The van der Waals surface area contributed by atoms with Crippen molar-refractivity contribution in [3.63, 3.8) is 0 Å². The van der Waals surface area contributed by atoms with Crippen LogP contribution < -0.4 is 20.1 Å². The second kappa shape index (κ2) is 12.7. The molecule has 0 saturated heterocycles. The van der Waals surface area contributed by atoms with E-state index in [0.717, 1.165) is 0 Å². The molecule has 198 valence electrons. The number of hydrogen-bond donors (Lipinski definition) is 2. The number of ether oxygens (including phenoxy) is 2. The molecule has 2 N–H and O–H groups in total. The number of rotatable bonds is 10. The number of benzene rings is 2. The number of hydrogen-bond acceptors (Lipinski definition) is 8. The molecule has 39 heavy (non-hydrogen) atoms. The van der Waals surface area contributed by atoms with Gasteiger partial charge in [0.25, 0.3) is 0 Å². The minimum atomic E-state index is -0.298. The number of nitrogens with one attached hydrogen (secondary N) is 2. The second-order valence-electron chi connectivity index (χ2n) is 8.67. The molecule has 2 aromatic heterocycles. The summed E-state index contributed by atoms with van der Waals surface area (Å²) in [6.07, 6.45) is 7.99. The molecule has 0 spiro atoms. The van der Waals surface area contributed by atoms with E-state index in [1.165, 1.54) is 12.3 Å². The van der Waals surface area contributed by atoms with E-state index in [1.54, 1.807) is 60.9 Å². The largest absolute Gasteiger partial charge is 0.492 e. The third-order valence-corrected chi connectivity index (χ3v) is 5.76. The zero-order valence-corrected chi connectivity index (χ0v) is 22.5. The monoisotopic (exact) mass is 542 g/mol. The lowest BCUT2D eigenvalue weighted by atomic mass is 10.1. The van der Waals surface area contributed by atoms with Gasteiger partial charge in [0.2, 0.25) is 5.91 Å². The standard InChI is InChI=1S/C29H27ClN6O3/c1-4-38-27-16-24-22(15-25(27)35-28(37)6-5-13-36(2)3)29(19(17-31)18-33-24)34-20-7-8-26(23(30)14-20)39-21-9-11-32-12-10-21/h5-12,14-16,18H,4,13H2,1-3H3,(H,33,34)(H,35,37). The minimum Gasteiger partial charge on any atom is -0.492 e. The number of carbonyl (C=O) groups is 1. The van der Waals surface area contributed by atoms with E-state index in [0.29, 0.717) is 69.0 Å². The van der Waals surface area contributed by atoms with Crippen LogP contribution in [0.3, 0.4) is 0 Å². The molecule has 9 nitrogen and oxygen atoms in total. The first-order chi connectivity index (χ1) is 18.9. The Bertz CT molecular complexity index is 1550. The van der Waals surface area contributed by atoms with Crippen LogP contribution in [0.25, 0.3) is 10.9 Å². The van der Waals surface area contributed by atoms with Crippen molar-refractivity contribution >= 4 is 45.5 Å². The molecule has 4 aromatic rings. The van der Waals surface area contributed by atoms with Crippen LogP contribution >= 0.6 is 11.6 Å². The SMILES string of the molecule is CCOc1cc2ncc(C#N)c(Nc3ccc(Oc4ccncc4)c(Cl)c3)c2cc1NC(=O)C=CCN(C)C. The van der Waals surface area contributed by atoms with Gasteiger partial charge in [0.1, 0.15) is 23.3 Å². The highest BCUT2D eigenvalue weighted by atomic mass is 35.5. The van der Waals surface area contributed by atoms with Crippen molar-refractivity contribution in [2.24, 2.45) is 0 Å². The normalized spacial score (nSPS) is 11.0. The van der Waals surface area contributed by atoms with Gasteiger partial charge in [0.05, 0.1) is 34.1 Å². The van der Waals surface area contributed by atoms with Crippen molar-refractivity contribution in [3.8, 4) is 23.3 Å². The first-order valence-electron chi connectivity index (χ1n) is 12.1. The highest BCUT2D eigenvalue weighted by Crippen LogP contribution is 2.38. The number of fused-ring (bicyclic) bond motifs is 1. The van der Waals surface area contributed by atoms with Crippen LogP contribution in [0.15, 0.2) is 73.2 Å². The molecule has 0 aliphatic carbocycles. The molecule has 0 aliphatic heterocycles. The minimum absolute atomic E-state index is 0.298. The van der Waals surface area contributed by atoms with Crippen LogP contribution in [-0.2, 0) is 4.79 Å². The quantitative estimate of drug-likeness (QED) is 0.230. The van der Waals surface area contributed by atoms with Crippen molar-refractivity contribution in [3.05, 3.63) is 83.8 Å². The lowest BCUT2D eigenvalue weighted by Gasteiger charge is -2.16. The maximum atomic E-state index is 12.6. The Balaban J connectivity index is 1.69. The van der Waals surface area contributed by atoms with Crippen LogP contribution in [0, 0.1) is 11.3 Å². The maximum absolute atomic E-state index is 12.6. The maximum Gasteiger partial charge on any atom is 0.248 e. The summed E-state index contributed by atoms with van der Waals surface area (Å²) < 4.78 is 11.6. The number of nitriles is 1. The number of nitrogens with zero attached hydrogens (tertiary/aromatic N) is 4. The number of carbonyl (C=O) groups excluding carboxylic acids is 1. The van der Waals surface area contributed by atoms with Gasteiger partial charge in [-0.3, -0.25) is 14.8 Å². The van der Waals surface area contributed by atoms with Gasteiger partial charge in [-0.2, -0.15) is 5.26 Å². The van der Waals surface area contributed by atoms with Crippen molar-refractivity contribution in [2.45, 2.75) is 6.92 Å². The van der Waals surface area contributed by atoms with Crippen molar-refractivity contribution < 1.29 is 14.3 Å². The van der Waals surface area contributed by atoms with Crippen LogP contribution in [0.5, 0.6) is 17.2 Å². The summed E-state index contributed by atoms with van der Waals surface area (Å²) in [6.45, 7) is 2.89. The van der Waals surface area contributed by atoms with E-state index in [9.17, 15) is 10.1 Å². The topological polar surface area (TPSA) is 112 Å². The molecule has 1 amide bonds. The lowest BCUT2D eigenvalue weighted by Crippen LogP contribution is -2.13. The van der Waals surface area contributed by atoms with E-state index < -0.39 is 0 Å². The average Bonchev–Trinajstić information content (AvgIpc) is 2.91. The Hall–Kier alpha value is -4.65. The molecular formula is C29H27ClN6O3. The Morgan fingerprint density at radius 2 is 1.95 bits per heavy atom. The lowest BCUT2D eigenvalue weighted by molar-refractivity contribution is -0.111. The summed E-state index contributed by atoms with van der Waals surface area (Å²) >= 11 is 6.51. The summed E-state index contributed by atoms with van der Waals surface area (Å²) in [6, 6.07) is 14.4.